The highest BCUT2D eigenvalue weighted by Gasteiger charge is 2.28. The summed E-state index contributed by atoms with van der Waals surface area (Å²) < 4.78 is 5.77. The van der Waals surface area contributed by atoms with Crippen LogP contribution in [-0.4, -0.2) is 23.5 Å². The molecule has 0 aliphatic heterocycles. The normalized spacial score (nSPS) is 23.6. The molecule has 92 valence electrons. The van der Waals surface area contributed by atoms with Crippen LogP contribution in [0.2, 0.25) is 0 Å². The monoisotopic (exact) mass is 235 g/mol. The minimum Gasteiger partial charge on any atom is -0.474 e. The summed E-state index contributed by atoms with van der Waals surface area (Å²) >= 11 is 0. The maximum atomic E-state index is 11.0. The molecule has 1 aromatic rings. The Morgan fingerprint density at radius 2 is 2.29 bits per heavy atom. The molecule has 4 N–H and O–H groups in total. The molecule has 5 heteroatoms. The minimum absolute atomic E-state index is 0.107. The number of rotatable bonds is 4. The molecule has 2 rings (SSSR count). The van der Waals surface area contributed by atoms with Crippen LogP contribution < -0.4 is 16.2 Å². The molecule has 0 saturated heterocycles. The predicted molar refractivity (Wildman–Crippen MR) is 63.6 cm³/mol. The highest BCUT2D eigenvalue weighted by Crippen LogP contribution is 2.28. The number of ether oxygens (including phenoxy) is 1. The van der Waals surface area contributed by atoms with Gasteiger partial charge in [-0.2, -0.15) is 0 Å². The Labute approximate surface area is 100 Å². The average molecular weight is 235 g/mol. The van der Waals surface area contributed by atoms with E-state index in [1.165, 1.54) is 0 Å². The van der Waals surface area contributed by atoms with Crippen molar-refractivity contribution < 1.29 is 9.53 Å². The summed E-state index contributed by atoms with van der Waals surface area (Å²) in [5, 5.41) is 0. The van der Waals surface area contributed by atoms with Crippen molar-refractivity contribution in [2.45, 2.75) is 25.4 Å². The Kier molecular flexibility index (Phi) is 3.58. The van der Waals surface area contributed by atoms with Crippen molar-refractivity contribution in [3.8, 4) is 5.88 Å². The van der Waals surface area contributed by atoms with E-state index in [-0.39, 0.29) is 11.8 Å². The molecule has 2 unspecified atom stereocenters. The molecule has 1 fully saturated rings. The van der Waals surface area contributed by atoms with E-state index in [1.807, 2.05) is 0 Å². The number of nitrogens with two attached hydrogens (primary N) is 2. The van der Waals surface area contributed by atoms with Gasteiger partial charge in [-0.25, -0.2) is 4.98 Å². The van der Waals surface area contributed by atoms with Gasteiger partial charge in [0.25, 0.3) is 5.91 Å². The molecular formula is C12H17N3O2. The topological polar surface area (TPSA) is 91.2 Å². The lowest BCUT2D eigenvalue weighted by molar-refractivity contribution is 0.0992. The number of carbonyl (C=O) groups excluding carboxylic acids is 1. The Hall–Kier alpha value is -1.62. The van der Waals surface area contributed by atoms with Crippen molar-refractivity contribution in [2.24, 2.45) is 17.4 Å². The first-order chi connectivity index (χ1) is 8.20. The molecule has 1 aliphatic rings. The van der Waals surface area contributed by atoms with Crippen LogP contribution in [-0.2, 0) is 0 Å². The Morgan fingerprint density at radius 3 is 3.00 bits per heavy atom. The van der Waals surface area contributed by atoms with Crippen molar-refractivity contribution in [3.63, 3.8) is 0 Å². The number of pyridine rings is 1. The van der Waals surface area contributed by atoms with Crippen molar-refractivity contribution in [1.29, 1.82) is 0 Å². The summed E-state index contributed by atoms with van der Waals surface area (Å²) in [5.41, 5.74) is 11.1. The van der Waals surface area contributed by atoms with E-state index in [2.05, 4.69) is 4.98 Å². The maximum absolute atomic E-state index is 11.0. The van der Waals surface area contributed by atoms with Gasteiger partial charge in [-0.3, -0.25) is 4.79 Å². The third-order valence-electron chi connectivity index (χ3n) is 3.14. The highest BCUT2D eigenvalue weighted by atomic mass is 16.5. The summed E-state index contributed by atoms with van der Waals surface area (Å²) in [7, 11) is 0. The van der Waals surface area contributed by atoms with Crippen LogP contribution in [0.5, 0.6) is 5.88 Å². The van der Waals surface area contributed by atoms with Gasteiger partial charge in [-0.1, -0.05) is 6.07 Å². The molecular weight excluding hydrogens is 218 g/mol. The van der Waals surface area contributed by atoms with Crippen LogP contribution in [0.3, 0.4) is 0 Å². The van der Waals surface area contributed by atoms with E-state index in [0.717, 1.165) is 19.3 Å². The zero-order valence-corrected chi connectivity index (χ0v) is 9.63. The number of carbonyl (C=O) groups is 1. The van der Waals surface area contributed by atoms with E-state index >= 15 is 0 Å². The third kappa shape index (κ3) is 2.74. The maximum Gasteiger partial charge on any atom is 0.267 e. The van der Waals surface area contributed by atoms with Crippen LogP contribution >= 0.6 is 0 Å². The predicted octanol–water partition coefficient (Wildman–Crippen LogP) is 0.687. The zero-order chi connectivity index (χ0) is 12.3. The van der Waals surface area contributed by atoms with Gasteiger partial charge >= 0.3 is 0 Å². The fraction of sp³-hybridized carbons (Fsp3) is 0.500. The van der Waals surface area contributed by atoms with E-state index in [9.17, 15) is 4.79 Å². The summed E-state index contributed by atoms with van der Waals surface area (Å²) in [4.78, 5) is 15.1. The molecule has 1 heterocycles. The summed E-state index contributed by atoms with van der Waals surface area (Å²) in [6.45, 7) is 0.625. The van der Waals surface area contributed by atoms with Crippen LogP contribution in [0.15, 0.2) is 18.2 Å². The van der Waals surface area contributed by atoms with Gasteiger partial charge in [-0.05, 0) is 31.9 Å². The first-order valence-electron chi connectivity index (χ1n) is 5.84. The molecule has 0 aromatic carbocycles. The Bertz CT molecular complexity index is 408. The van der Waals surface area contributed by atoms with E-state index in [4.69, 9.17) is 16.2 Å². The third-order valence-corrected chi connectivity index (χ3v) is 3.14. The second kappa shape index (κ2) is 5.14. The van der Waals surface area contributed by atoms with E-state index in [0.29, 0.717) is 18.3 Å². The SMILES string of the molecule is NCC1CCCC1Oc1cccc(C(N)=O)n1. The first kappa shape index (κ1) is 11.9. The van der Waals surface area contributed by atoms with Gasteiger partial charge in [0, 0.05) is 12.0 Å². The quantitative estimate of drug-likeness (QED) is 0.803. The van der Waals surface area contributed by atoms with Crippen LogP contribution in [0, 0.1) is 5.92 Å². The van der Waals surface area contributed by atoms with Crippen molar-refractivity contribution in [2.75, 3.05) is 6.54 Å². The number of nitrogens with zero attached hydrogens (tertiary/aromatic N) is 1. The zero-order valence-electron chi connectivity index (χ0n) is 9.63. The van der Waals surface area contributed by atoms with Gasteiger partial charge < -0.3 is 16.2 Å². The molecule has 0 radical (unpaired) electrons. The number of amides is 1. The summed E-state index contributed by atoms with van der Waals surface area (Å²) in [6.07, 6.45) is 3.32. The second-order valence-corrected chi connectivity index (χ2v) is 4.31. The van der Waals surface area contributed by atoms with Crippen LogP contribution in [0.4, 0.5) is 0 Å². The molecule has 0 bridgehead atoms. The standard InChI is InChI=1S/C12H17N3O2/c13-7-8-3-1-5-10(8)17-11-6-2-4-9(15-11)12(14)16/h2,4,6,8,10H,1,3,5,7,13H2,(H2,14,16). The van der Waals surface area contributed by atoms with Gasteiger partial charge in [0.1, 0.15) is 11.8 Å². The van der Waals surface area contributed by atoms with Crippen LogP contribution in [0.25, 0.3) is 0 Å². The lowest BCUT2D eigenvalue weighted by Crippen LogP contribution is -2.28. The van der Waals surface area contributed by atoms with Gasteiger partial charge in [-0.15, -0.1) is 0 Å². The smallest absolute Gasteiger partial charge is 0.267 e. The fourth-order valence-electron chi connectivity index (χ4n) is 2.20. The molecule has 2 atom stereocenters. The number of aromatic nitrogens is 1. The lowest BCUT2D eigenvalue weighted by atomic mass is 10.1. The number of hydrogen-bond acceptors (Lipinski definition) is 4. The molecule has 1 saturated carbocycles. The Morgan fingerprint density at radius 1 is 1.47 bits per heavy atom. The largest absolute Gasteiger partial charge is 0.474 e. The van der Waals surface area contributed by atoms with Crippen LogP contribution in [0.1, 0.15) is 29.8 Å². The van der Waals surface area contributed by atoms with Gasteiger partial charge in [0.05, 0.1) is 0 Å². The summed E-state index contributed by atoms with van der Waals surface area (Å²) in [5.74, 6) is 0.290. The molecule has 5 nitrogen and oxygen atoms in total. The average Bonchev–Trinajstić information content (AvgIpc) is 2.76. The summed E-state index contributed by atoms with van der Waals surface area (Å²) in [6, 6.07) is 5.03. The van der Waals surface area contributed by atoms with Crippen molar-refractivity contribution in [3.05, 3.63) is 23.9 Å². The first-order valence-corrected chi connectivity index (χ1v) is 5.84. The molecule has 1 amide bonds. The Balaban J connectivity index is 2.07. The van der Waals surface area contributed by atoms with Gasteiger partial charge in [0.2, 0.25) is 5.88 Å². The van der Waals surface area contributed by atoms with Gasteiger partial charge in [0.15, 0.2) is 0 Å². The van der Waals surface area contributed by atoms with E-state index in [1.54, 1.807) is 18.2 Å². The van der Waals surface area contributed by atoms with E-state index < -0.39 is 5.91 Å². The minimum atomic E-state index is -0.544. The molecule has 17 heavy (non-hydrogen) atoms. The van der Waals surface area contributed by atoms with Crippen molar-refractivity contribution >= 4 is 5.91 Å². The van der Waals surface area contributed by atoms with Crippen molar-refractivity contribution in [1.82, 2.24) is 4.98 Å². The highest BCUT2D eigenvalue weighted by molar-refractivity contribution is 5.90. The second-order valence-electron chi connectivity index (χ2n) is 4.31. The molecule has 1 aliphatic carbocycles. The number of hydrogen-bond donors (Lipinski definition) is 2. The fourth-order valence-corrected chi connectivity index (χ4v) is 2.20. The number of primary amides is 1. The molecule has 1 aromatic heterocycles. The lowest BCUT2D eigenvalue weighted by Gasteiger charge is -2.19. The molecule has 0 spiro atoms.